The molecule has 1 unspecified atom stereocenters. The quantitative estimate of drug-likeness (QED) is 0.563. The first-order chi connectivity index (χ1) is 4.33. The van der Waals surface area contributed by atoms with Gasteiger partial charge in [0.05, 0.1) is 0 Å². The fourth-order valence-corrected chi connectivity index (χ4v) is 1.38. The average molecular weight is 156 g/mol. The van der Waals surface area contributed by atoms with Crippen molar-refractivity contribution < 1.29 is 0 Å². The molecule has 0 saturated heterocycles. The fraction of sp³-hybridized carbons (Fsp3) is 0.143. The van der Waals surface area contributed by atoms with E-state index in [0.717, 1.165) is 0 Å². The lowest BCUT2D eigenvalue weighted by molar-refractivity contribution is 1.38. The molecular weight excluding hydrogens is 147 g/mol. The van der Waals surface area contributed by atoms with Gasteiger partial charge in [-0.3, -0.25) is 0 Å². The molecule has 0 nitrogen and oxygen atoms in total. The van der Waals surface area contributed by atoms with Crippen LogP contribution in [0.3, 0.4) is 0 Å². The molecule has 0 fully saturated rings. The zero-order valence-electron chi connectivity index (χ0n) is 5.29. The van der Waals surface area contributed by atoms with Gasteiger partial charge in [-0.05, 0) is 19.1 Å². The van der Waals surface area contributed by atoms with E-state index < -0.39 is 0 Å². The Bertz CT molecular complexity index is 181. The highest BCUT2D eigenvalue weighted by Crippen LogP contribution is 2.23. The van der Waals surface area contributed by atoms with Crippen molar-refractivity contribution in [1.29, 1.82) is 0 Å². The lowest BCUT2D eigenvalue weighted by atomic mass is 10.2. The zero-order chi connectivity index (χ0) is 6.69. The van der Waals surface area contributed by atoms with Gasteiger partial charge in [-0.15, -0.1) is 11.4 Å². The van der Waals surface area contributed by atoms with Gasteiger partial charge in [-0.2, -0.15) is 0 Å². The second kappa shape index (κ2) is 3.24. The third-order valence-electron chi connectivity index (χ3n) is 1.16. The number of hydrogen-bond donors (Lipinski definition) is 0. The second-order valence-corrected chi connectivity index (χ2v) is 3.35. The molecule has 1 rings (SSSR count). The van der Waals surface area contributed by atoms with Gasteiger partial charge in [0.1, 0.15) is 0 Å². The lowest BCUT2D eigenvalue weighted by Gasteiger charge is -1.93. The van der Waals surface area contributed by atoms with E-state index in [-0.39, 0.29) is 0 Å². The van der Waals surface area contributed by atoms with Crippen LogP contribution in [0.25, 0.3) is 0 Å². The highest BCUT2D eigenvalue weighted by Gasteiger charge is 1.85. The summed E-state index contributed by atoms with van der Waals surface area (Å²) in [6, 6.07) is 8.47. The maximum atomic E-state index is 2.63. The minimum atomic E-state index is 1.30. The van der Waals surface area contributed by atoms with Gasteiger partial charge in [0, 0.05) is 4.90 Å². The van der Waals surface area contributed by atoms with Gasteiger partial charge in [0.2, 0.25) is 0 Å². The van der Waals surface area contributed by atoms with Crippen molar-refractivity contribution in [2.24, 2.45) is 0 Å². The Labute approximate surface area is 62.0 Å². The molecular formula is C7H9PS. The predicted octanol–water partition coefficient (Wildman–Crippen LogP) is 2.88. The first kappa shape index (κ1) is 7.11. The van der Waals surface area contributed by atoms with E-state index in [9.17, 15) is 0 Å². The molecule has 1 atom stereocenters. The van der Waals surface area contributed by atoms with E-state index in [1.165, 1.54) is 10.5 Å². The summed E-state index contributed by atoms with van der Waals surface area (Å²) in [7, 11) is 2.63. The molecule has 0 aliphatic rings. The molecule has 0 heterocycles. The summed E-state index contributed by atoms with van der Waals surface area (Å²) >= 11 is 1.69. The third-order valence-corrected chi connectivity index (χ3v) is 2.52. The summed E-state index contributed by atoms with van der Waals surface area (Å²) in [5, 5.41) is 0. The number of benzene rings is 1. The van der Waals surface area contributed by atoms with Crippen LogP contribution in [0.15, 0.2) is 29.2 Å². The topological polar surface area (TPSA) is 0 Å². The van der Waals surface area contributed by atoms with Crippen LogP contribution in [-0.4, -0.2) is 0 Å². The highest BCUT2D eigenvalue weighted by atomic mass is 32.7. The standard InChI is InChI=1S/C7H9PS/c1-6-2-4-7(9-8)5-3-6/h2-5H,8H2,1H3. The summed E-state index contributed by atoms with van der Waals surface area (Å²) in [5.41, 5.74) is 1.32. The normalized spacial score (nSPS) is 9.56. The molecule has 1 aromatic rings. The first-order valence-corrected chi connectivity index (χ1v) is 5.06. The zero-order valence-corrected chi connectivity index (χ0v) is 7.27. The Morgan fingerprint density at radius 3 is 2.22 bits per heavy atom. The van der Waals surface area contributed by atoms with Crippen LogP contribution in [0.5, 0.6) is 0 Å². The Morgan fingerprint density at radius 1 is 1.22 bits per heavy atom. The molecule has 0 aromatic heterocycles. The van der Waals surface area contributed by atoms with E-state index in [1.807, 2.05) is 0 Å². The molecule has 9 heavy (non-hydrogen) atoms. The van der Waals surface area contributed by atoms with Gasteiger partial charge >= 0.3 is 0 Å². The Kier molecular flexibility index (Phi) is 2.56. The van der Waals surface area contributed by atoms with Crippen LogP contribution < -0.4 is 0 Å². The molecule has 1 aromatic carbocycles. The molecule has 0 amide bonds. The van der Waals surface area contributed by atoms with Crippen molar-refractivity contribution in [3.8, 4) is 0 Å². The molecule has 0 aliphatic carbocycles. The minimum Gasteiger partial charge on any atom is -0.105 e. The molecule has 0 spiro atoms. The third kappa shape index (κ3) is 2.00. The Morgan fingerprint density at radius 2 is 1.78 bits per heavy atom. The predicted molar refractivity (Wildman–Crippen MR) is 46.7 cm³/mol. The van der Waals surface area contributed by atoms with Crippen molar-refractivity contribution in [3.63, 3.8) is 0 Å². The van der Waals surface area contributed by atoms with Gasteiger partial charge in [0.15, 0.2) is 0 Å². The maximum Gasteiger partial charge on any atom is 0.0111 e. The SMILES string of the molecule is Cc1ccc(SP)cc1. The minimum absolute atomic E-state index is 1.30. The Balaban J connectivity index is 2.88. The number of hydrogen-bond acceptors (Lipinski definition) is 1. The molecule has 0 radical (unpaired) electrons. The summed E-state index contributed by atoms with van der Waals surface area (Å²) in [6.07, 6.45) is 0. The van der Waals surface area contributed by atoms with Crippen LogP contribution in [0, 0.1) is 6.92 Å². The van der Waals surface area contributed by atoms with Crippen molar-refractivity contribution in [2.45, 2.75) is 11.8 Å². The first-order valence-electron chi connectivity index (χ1n) is 2.76. The van der Waals surface area contributed by atoms with Crippen molar-refractivity contribution in [1.82, 2.24) is 0 Å². The summed E-state index contributed by atoms with van der Waals surface area (Å²) in [4.78, 5) is 1.30. The summed E-state index contributed by atoms with van der Waals surface area (Å²) in [6.45, 7) is 2.09. The van der Waals surface area contributed by atoms with Gasteiger partial charge in [-0.1, -0.05) is 26.1 Å². The van der Waals surface area contributed by atoms with Gasteiger partial charge in [0.25, 0.3) is 0 Å². The molecule has 2 heteroatoms. The second-order valence-electron chi connectivity index (χ2n) is 1.93. The smallest absolute Gasteiger partial charge is 0.0111 e. The monoisotopic (exact) mass is 156 g/mol. The van der Waals surface area contributed by atoms with Gasteiger partial charge in [-0.25, -0.2) is 0 Å². The fourth-order valence-electron chi connectivity index (χ4n) is 0.617. The van der Waals surface area contributed by atoms with Crippen LogP contribution in [0.4, 0.5) is 0 Å². The van der Waals surface area contributed by atoms with Gasteiger partial charge < -0.3 is 0 Å². The highest BCUT2D eigenvalue weighted by molar-refractivity contribution is 8.43. The van der Waals surface area contributed by atoms with Crippen LogP contribution in [0.1, 0.15) is 5.56 Å². The maximum absolute atomic E-state index is 2.63. The molecule has 0 saturated carbocycles. The molecule has 0 N–H and O–H groups in total. The van der Waals surface area contributed by atoms with Crippen molar-refractivity contribution in [2.75, 3.05) is 0 Å². The van der Waals surface area contributed by atoms with Crippen LogP contribution in [-0.2, 0) is 0 Å². The summed E-state index contributed by atoms with van der Waals surface area (Å²) in [5.74, 6) is 0. The van der Waals surface area contributed by atoms with E-state index in [2.05, 4.69) is 39.6 Å². The van der Waals surface area contributed by atoms with E-state index >= 15 is 0 Å². The molecule has 0 aliphatic heterocycles. The summed E-state index contributed by atoms with van der Waals surface area (Å²) < 4.78 is 0. The van der Waals surface area contributed by atoms with Crippen LogP contribution in [0.2, 0.25) is 0 Å². The largest absolute Gasteiger partial charge is 0.105 e. The number of aryl methyl sites for hydroxylation is 1. The van der Waals surface area contributed by atoms with Crippen molar-refractivity contribution in [3.05, 3.63) is 29.8 Å². The van der Waals surface area contributed by atoms with E-state index in [0.29, 0.717) is 0 Å². The van der Waals surface area contributed by atoms with Crippen molar-refractivity contribution >= 4 is 19.8 Å². The molecule has 48 valence electrons. The molecule has 0 bridgehead atoms. The van der Waals surface area contributed by atoms with Crippen LogP contribution >= 0.6 is 19.8 Å². The average Bonchev–Trinajstić information content (AvgIpc) is 1.90. The lowest BCUT2D eigenvalue weighted by Crippen LogP contribution is -1.68. The van der Waals surface area contributed by atoms with E-state index in [4.69, 9.17) is 0 Å². The number of rotatable bonds is 1. The Hall–Kier alpha value is -0.0000000000000000555. The van der Waals surface area contributed by atoms with E-state index in [1.54, 1.807) is 11.4 Å².